The Balaban J connectivity index is 1.70. The lowest BCUT2D eigenvalue weighted by Crippen LogP contribution is -2.14. The van der Waals surface area contributed by atoms with Gasteiger partial charge in [-0.25, -0.2) is 0 Å². The van der Waals surface area contributed by atoms with Crippen LogP contribution in [-0.4, -0.2) is 16.0 Å². The predicted octanol–water partition coefficient (Wildman–Crippen LogP) is 3.99. The van der Waals surface area contributed by atoms with Crippen molar-refractivity contribution in [3.63, 3.8) is 0 Å². The minimum Gasteiger partial charge on any atom is -0.339 e. The molecule has 1 amide bonds. The van der Waals surface area contributed by atoms with Crippen molar-refractivity contribution in [2.24, 2.45) is 0 Å². The molecule has 1 aromatic heterocycles. The van der Waals surface area contributed by atoms with Gasteiger partial charge in [0.15, 0.2) is 0 Å². The summed E-state index contributed by atoms with van der Waals surface area (Å²) in [7, 11) is 0. The number of hydrogen-bond donors (Lipinski definition) is 1. The van der Waals surface area contributed by atoms with E-state index in [1.54, 1.807) is 6.92 Å². The van der Waals surface area contributed by atoms with Gasteiger partial charge in [0.1, 0.15) is 0 Å². The number of amides is 1. The summed E-state index contributed by atoms with van der Waals surface area (Å²) in [5, 5.41) is 6.76. The standard InChI is InChI=1S/C17H14BrN3O2/c1-11-19-17(21-23-11)13-3-2-4-15(10-13)20-16(22)9-12-5-7-14(18)8-6-12/h2-8,10H,9H2,1H3,(H,20,22). The molecule has 0 fully saturated rings. The van der Waals surface area contributed by atoms with Crippen molar-refractivity contribution in [1.29, 1.82) is 0 Å². The Morgan fingerprint density at radius 2 is 2.00 bits per heavy atom. The van der Waals surface area contributed by atoms with Crippen molar-refractivity contribution in [3.8, 4) is 11.4 Å². The summed E-state index contributed by atoms with van der Waals surface area (Å²) in [6.07, 6.45) is 0.318. The van der Waals surface area contributed by atoms with Gasteiger partial charge in [0, 0.05) is 22.6 Å². The SMILES string of the molecule is Cc1nc(-c2cccc(NC(=O)Cc3ccc(Br)cc3)c2)no1. The Morgan fingerprint density at radius 3 is 2.70 bits per heavy atom. The smallest absolute Gasteiger partial charge is 0.228 e. The van der Waals surface area contributed by atoms with Gasteiger partial charge in [-0.15, -0.1) is 0 Å². The average Bonchev–Trinajstić information content (AvgIpc) is 2.96. The van der Waals surface area contributed by atoms with Crippen LogP contribution in [0, 0.1) is 6.92 Å². The molecule has 0 spiro atoms. The number of carbonyl (C=O) groups is 1. The van der Waals surface area contributed by atoms with Crippen LogP contribution in [0.3, 0.4) is 0 Å². The fraction of sp³-hybridized carbons (Fsp3) is 0.118. The monoisotopic (exact) mass is 371 g/mol. The van der Waals surface area contributed by atoms with E-state index in [-0.39, 0.29) is 5.91 Å². The first-order valence-corrected chi connectivity index (χ1v) is 7.84. The van der Waals surface area contributed by atoms with Crippen molar-refractivity contribution < 1.29 is 9.32 Å². The highest BCUT2D eigenvalue weighted by Crippen LogP contribution is 2.20. The lowest BCUT2D eigenvalue weighted by Gasteiger charge is -2.06. The Kier molecular flexibility index (Phi) is 4.52. The largest absolute Gasteiger partial charge is 0.339 e. The molecule has 0 aliphatic heterocycles. The number of carbonyl (C=O) groups excluding carboxylic acids is 1. The van der Waals surface area contributed by atoms with E-state index < -0.39 is 0 Å². The van der Waals surface area contributed by atoms with Gasteiger partial charge in [0.05, 0.1) is 6.42 Å². The zero-order chi connectivity index (χ0) is 16.2. The number of nitrogens with one attached hydrogen (secondary N) is 1. The maximum atomic E-state index is 12.1. The van der Waals surface area contributed by atoms with Gasteiger partial charge in [-0.1, -0.05) is 45.4 Å². The van der Waals surface area contributed by atoms with Crippen LogP contribution < -0.4 is 5.32 Å². The molecule has 23 heavy (non-hydrogen) atoms. The van der Waals surface area contributed by atoms with Crippen LogP contribution in [-0.2, 0) is 11.2 Å². The minimum atomic E-state index is -0.0752. The molecular weight excluding hydrogens is 358 g/mol. The second-order valence-corrected chi connectivity index (χ2v) is 5.98. The van der Waals surface area contributed by atoms with Crippen LogP contribution in [0.15, 0.2) is 57.5 Å². The molecule has 6 heteroatoms. The third-order valence-electron chi connectivity index (χ3n) is 3.21. The molecule has 0 radical (unpaired) electrons. The highest BCUT2D eigenvalue weighted by atomic mass is 79.9. The van der Waals surface area contributed by atoms with Crippen LogP contribution >= 0.6 is 15.9 Å². The van der Waals surface area contributed by atoms with Crippen LogP contribution in [0.2, 0.25) is 0 Å². The van der Waals surface area contributed by atoms with E-state index in [0.29, 0.717) is 23.8 Å². The van der Waals surface area contributed by atoms with Crippen molar-refractivity contribution >= 4 is 27.5 Å². The van der Waals surface area contributed by atoms with Crippen LogP contribution in [0.25, 0.3) is 11.4 Å². The summed E-state index contributed by atoms with van der Waals surface area (Å²) < 4.78 is 5.97. The summed E-state index contributed by atoms with van der Waals surface area (Å²) >= 11 is 3.38. The zero-order valence-corrected chi connectivity index (χ0v) is 14.0. The number of hydrogen-bond acceptors (Lipinski definition) is 4. The van der Waals surface area contributed by atoms with Crippen molar-refractivity contribution in [2.75, 3.05) is 5.32 Å². The van der Waals surface area contributed by atoms with E-state index in [9.17, 15) is 4.79 Å². The third-order valence-corrected chi connectivity index (χ3v) is 3.74. The lowest BCUT2D eigenvalue weighted by molar-refractivity contribution is -0.115. The van der Waals surface area contributed by atoms with Gasteiger partial charge in [-0.3, -0.25) is 4.79 Å². The average molecular weight is 372 g/mol. The molecule has 1 N–H and O–H groups in total. The first-order chi connectivity index (χ1) is 11.1. The van der Waals surface area contributed by atoms with E-state index in [0.717, 1.165) is 15.6 Å². The van der Waals surface area contributed by atoms with E-state index in [1.165, 1.54) is 0 Å². The second kappa shape index (κ2) is 6.75. The first kappa shape index (κ1) is 15.4. The van der Waals surface area contributed by atoms with E-state index in [4.69, 9.17) is 4.52 Å². The molecule has 5 nitrogen and oxygen atoms in total. The molecule has 0 unspecified atom stereocenters. The van der Waals surface area contributed by atoms with E-state index in [2.05, 4.69) is 31.4 Å². The Labute approximate surface area is 141 Å². The van der Waals surface area contributed by atoms with Crippen molar-refractivity contribution in [3.05, 3.63) is 64.5 Å². The van der Waals surface area contributed by atoms with E-state index >= 15 is 0 Å². The number of halogens is 1. The Hall–Kier alpha value is -2.47. The van der Waals surface area contributed by atoms with Gasteiger partial charge in [-0.05, 0) is 29.8 Å². The topological polar surface area (TPSA) is 68.0 Å². The highest BCUT2D eigenvalue weighted by Gasteiger charge is 2.08. The third kappa shape index (κ3) is 4.04. The minimum absolute atomic E-state index is 0.0752. The second-order valence-electron chi connectivity index (χ2n) is 5.07. The molecule has 116 valence electrons. The van der Waals surface area contributed by atoms with Crippen molar-refractivity contribution in [2.45, 2.75) is 13.3 Å². The van der Waals surface area contributed by atoms with Gasteiger partial charge in [0.25, 0.3) is 0 Å². The highest BCUT2D eigenvalue weighted by molar-refractivity contribution is 9.10. The van der Waals surface area contributed by atoms with Crippen LogP contribution in [0.1, 0.15) is 11.5 Å². The van der Waals surface area contributed by atoms with Gasteiger partial charge < -0.3 is 9.84 Å². The molecule has 3 aromatic rings. The van der Waals surface area contributed by atoms with Crippen molar-refractivity contribution in [1.82, 2.24) is 10.1 Å². The summed E-state index contributed by atoms with van der Waals surface area (Å²) in [4.78, 5) is 16.3. The summed E-state index contributed by atoms with van der Waals surface area (Å²) in [6.45, 7) is 1.74. The van der Waals surface area contributed by atoms with Crippen LogP contribution in [0.4, 0.5) is 5.69 Å². The number of nitrogens with zero attached hydrogens (tertiary/aromatic N) is 2. The molecule has 0 atom stereocenters. The van der Waals surface area contributed by atoms with Gasteiger partial charge in [-0.2, -0.15) is 4.98 Å². The quantitative estimate of drug-likeness (QED) is 0.752. The molecule has 0 saturated heterocycles. The maximum Gasteiger partial charge on any atom is 0.228 e. The predicted molar refractivity (Wildman–Crippen MR) is 90.9 cm³/mol. The molecule has 0 aliphatic carbocycles. The molecule has 0 saturated carbocycles. The molecule has 3 rings (SSSR count). The number of anilines is 1. The number of aryl methyl sites for hydroxylation is 1. The molecular formula is C17H14BrN3O2. The first-order valence-electron chi connectivity index (χ1n) is 7.05. The zero-order valence-electron chi connectivity index (χ0n) is 12.4. The normalized spacial score (nSPS) is 10.5. The number of benzene rings is 2. The number of rotatable bonds is 4. The fourth-order valence-corrected chi connectivity index (χ4v) is 2.41. The van der Waals surface area contributed by atoms with E-state index in [1.807, 2.05) is 48.5 Å². The molecule has 0 aliphatic rings. The summed E-state index contributed by atoms with van der Waals surface area (Å²) in [5.74, 6) is 0.935. The van der Waals surface area contributed by atoms with Gasteiger partial charge >= 0.3 is 0 Å². The molecule has 0 bridgehead atoms. The van der Waals surface area contributed by atoms with Gasteiger partial charge in [0.2, 0.25) is 17.6 Å². The maximum absolute atomic E-state index is 12.1. The lowest BCUT2D eigenvalue weighted by atomic mass is 10.1. The van der Waals surface area contributed by atoms with Crippen LogP contribution in [0.5, 0.6) is 0 Å². The molecule has 1 heterocycles. The Bertz CT molecular complexity index is 828. The summed E-state index contributed by atoms with van der Waals surface area (Å²) in [6, 6.07) is 15.0. The summed E-state index contributed by atoms with van der Waals surface area (Å²) in [5.41, 5.74) is 2.45. The Morgan fingerprint density at radius 1 is 1.22 bits per heavy atom. The number of aromatic nitrogens is 2. The molecule has 2 aromatic carbocycles. The fourth-order valence-electron chi connectivity index (χ4n) is 2.15.